The van der Waals surface area contributed by atoms with Crippen LogP contribution in [0.3, 0.4) is 0 Å². The maximum absolute atomic E-state index is 12.3. The molecule has 24 heavy (non-hydrogen) atoms. The highest BCUT2D eigenvalue weighted by atomic mass is 32.1. The molecule has 0 aliphatic heterocycles. The second-order valence-corrected chi connectivity index (χ2v) is 6.99. The first-order valence-electron chi connectivity index (χ1n) is 8.10. The molecule has 4 rings (SSSR count). The number of rotatable bonds is 4. The van der Waals surface area contributed by atoms with Crippen molar-refractivity contribution in [2.24, 2.45) is 0 Å². The zero-order chi connectivity index (χ0) is 16.4. The molecule has 3 aromatic rings. The minimum Gasteiger partial charge on any atom is -0.349 e. The topological polar surface area (TPSA) is 68.0 Å². The van der Waals surface area contributed by atoms with E-state index in [9.17, 15) is 4.79 Å². The molecule has 0 radical (unpaired) electrons. The summed E-state index contributed by atoms with van der Waals surface area (Å²) < 4.78 is 5.33. The number of hydrogen-bond donors (Lipinski definition) is 1. The number of thiophene rings is 1. The maximum Gasteiger partial charge on any atom is 0.261 e. The zero-order valence-electron chi connectivity index (χ0n) is 13.1. The molecule has 1 aliphatic carbocycles. The van der Waals surface area contributed by atoms with Crippen LogP contribution in [0.25, 0.3) is 22.2 Å². The summed E-state index contributed by atoms with van der Waals surface area (Å²) in [5.74, 6) is 0.986. The Bertz CT molecular complexity index is 835. The number of nitrogens with zero attached hydrogens (tertiary/aromatic N) is 2. The minimum atomic E-state index is -0.00933. The fraction of sp³-hybridized carbons (Fsp3) is 0.278. The quantitative estimate of drug-likeness (QED) is 0.776. The average Bonchev–Trinajstić information content (AvgIpc) is 3.36. The number of aromatic nitrogens is 2. The molecule has 6 heteroatoms. The predicted octanol–water partition coefficient (Wildman–Crippen LogP) is 4.14. The molecular weight excluding hydrogens is 322 g/mol. The fourth-order valence-electron chi connectivity index (χ4n) is 2.93. The molecule has 0 spiro atoms. The summed E-state index contributed by atoms with van der Waals surface area (Å²) in [7, 11) is 0. The van der Waals surface area contributed by atoms with Crippen molar-refractivity contribution in [1.82, 2.24) is 15.5 Å². The highest BCUT2D eigenvalue weighted by molar-refractivity contribution is 7.17. The largest absolute Gasteiger partial charge is 0.349 e. The molecule has 122 valence electrons. The van der Waals surface area contributed by atoms with Gasteiger partial charge in [0.25, 0.3) is 11.8 Å². The highest BCUT2D eigenvalue weighted by Gasteiger charge is 2.20. The van der Waals surface area contributed by atoms with E-state index < -0.39 is 0 Å². The van der Waals surface area contributed by atoms with Crippen LogP contribution in [-0.2, 0) is 0 Å². The van der Waals surface area contributed by atoms with Crippen molar-refractivity contribution in [2.75, 3.05) is 0 Å². The van der Waals surface area contributed by atoms with E-state index in [1.165, 1.54) is 24.2 Å². The van der Waals surface area contributed by atoms with Gasteiger partial charge in [0, 0.05) is 11.6 Å². The normalized spacial score (nSPS) is 14.8. The van der Waals surface area contributed by atoms with Crippen molar-refractivity contribution in [3.05, 3.63) is 47.3 Å². The number of carbonyl (C=O) groups is 1. The van der Waals surface area contributed by atoms with Gasteiger partial charge < -0.3 is 9.84 Å². The van der Waals surface area contributed by atoms with Crippen LogP contribution in [0.4, 0.5) is 0 Å². The van der Waals surface area contributed by atoms with Gasteiger partial charge in [-0.25, -0.2) is 0 Å². The van der Waals surface area contributed by atoms with Crippen LogP contribution in [0.2, 0.25) is 0 Å². The average molecular weight is 339 g/mol. The van der Waals surface area contributed by atoms with Gasteiger partial charge in [0.1, 0.15) is 0 Å². The van der Waals surface area contributed by atoms with Crippen LogP contribution < -0.4 is 5.32 Å². The standard InChI is InChI=1S/C18H17N3O2S/c22-17(19-13-8-4-5-9-13)15-11-10-14(24-15)16-20-18(23-21-16)12-6-2-1-3-7-12/h1-3,6-7,10-11,13H,4-5,8-9H2,(H,19,22). The second kappa shape index (κ2) is 6.57. The van der Waals surface area contributed by atoms with Crippen LogP contribution >= 0.6 is 11.3 Å². The van der Waals surface area contributed by atoms with Crippen LogP contribution in [0, 0.1) is 0 Å². The van der Waals surface area contributed by atoms with Gasteiger partial charge in [-0.3, -0.25) is 4.79 Å². The lowest BCUT2D eigenvalue weighted by Gasteiger charge is -2.10. The highest BCUT2D eigenvalue weighted by Crippen LogP contribution is 2.28. The first kappa shape index (κ1) is 15.1. The molecule has 5 nitrogen and oxygen atoms in total. The first-order chi connectivity index (χ1) is 11.8. The Morgan fingerprint density at radius 2 is 1.92 bits per heavy atom. The lowest BCUT2D eigenvalue weighted by Crippen LogP contribution is -2.31. The Morgan fingerprint density at radius 3 is 2.71 bits per heavy atom. The Balaban J connectivity index is 1.50. The van der Waals surface area contributed by atoms with Crippen molar-refractivity contribution < 1.29 is 9.32 Å². The first-order valence-corrected chi connectivity index (χ1v) is 8.91. The van der Waals surface area contributed by atoms with Crippen molar-refractivity contribution in [3.63, 3.8) is 0 Å². The summed E-state index contributed by atoms with van der Waals surface area (Å²) in [6, 6.07) is 13.6. The lowest BCUT2D eigenvalue weighted by atomic mass is 10.2. The van der Waals surface area contributed by atoms with E-state index in [4.69, 9.17) is 4.52 Å². The molecule has 1 N–H and O–H groups in total. The molecule has 2 aromatic heterocycles. The summed E-state index contributed by atoms with van der Waals surface area (Å²) in [5, 5.41) is 7.13. The van der Waals surface area contributed by atoms with E-state index in [1.54, 1.807) is 0 Å². The van der Waals surface area contributed by atoms with E-state index in [1.807, 2.05) is 42.5 Å². The van der Waals surface area contributed by atoms with Crippen LogP contribution in [-0.4, -0.2) is 22.1 Å². The minimum absolute atomic E-state index is 0.00933. The van der Waals surface area contributed by atoms with E-state index in [-0.39, 0.29) is 5.91 Å². The predicted molar refractivity (Wildman–Crippen MR) is 92.8 cm³/mol. The van der Waals surface area contributed by atoms with Crippen LogP contribution in [0.1, 0.15) is 35.4 Å². The van der Waals surface area contributed by atoms with E-state index in [0.29, 0.717) is 22.6 Å². The molecule has 1 fully saturated rings. The van der Waals surface area contributed by atoms with Crippen molar-refractivity contribution in [2.45, 2.75) is 31.7 Å². The maximum atomic E-state index is 12.3. The van der Waals surface area contributed by atoms with Crippen LogP contribution in [0.15, 0.2) is 47.0 Å². The number of carbonyl (C=O) groups excluding carboxylic acids is 1. The molecule has 0 unspecified atom stereocenters. The van der Waals surface area contributed by atoms with Gasteiger partial charge in [-0.05, 0) is 37.1 Å². The van der Waals surface area contributed by atoms with Gasteiger partial charge in [-0.2, -0.15) is 4.98 Å². The summed E-state index contributed by atoms with van der Waals surface area (Å²) in [6.07, 6.45) is 4.56. The zero-order valence-corrected chi connectivity index (χ0v) is 13.9. The molecule has 1 aliphatic rings. The number of amides is 1. The molecule has 1 amide bonds. The monoisotopic (exact) mass is 339 g/mol. The third kappa shape index (κ3) is 3.10. The lowest BCUT2D eigenvalue weighted by molar-refractivity contribution is 0.0942. The Hall–Kier alpha value is -2.47. The van der Waals surface area contributed by atoms with Gasteiger partial charge in [0.2, 0.25) is 5.82 Å². The molecule has 1 aromatic carbocycles. The number of benzene rings is 1. The Labute approximate surface area is 143 Å². The van der Waals surface area contributed by atoms with Gasteiger partial charge in [-0.15, -0.1) is 11.3 Å². The molecule has 0 saturated heterocycles. The summed E-state index contributed by atoms with van der Waals surface area (Å²) in [5.41, 5.74) is 0.881. The third-order valence-corrected chi connectivity index (χ3v) is 5.27. The van der Waals surface area contributed by atoms with Gasteiger partial charge in [0.15, 0.2) is 0 Å². The summed E-state index contributed by atoms with van der Waals surface area (Å²) in [4.78, 5) is 18.2. The Kier molecular flexibility index (Phi) is 4.13. The SMILES string of the molecule is O=C(NC1CCCC1)c1ccc(-c2noc(-c3ccccc3)n2)s1. The summed E-state index contributed by atoms with van der Waals surface area (Å²) in [6.45, 7) is 0. The van der Waals surface area contributed by atoms with E-state index in [2.05, 4.69) is 15.5 Å². The number of hydrogen-bond acceptors (Lipinski definition) is 5. The second-order valence-electron chi connectivity index (χ2n) is 5.91. The third-order valence-electron chi connectivity index (χ3n) is 4.19. The molecule has 0 bridgehead atoms. The molecular formula is C18H17N3O2S. The molecule has 2 heterocycles. The van der Waals surface area contributed by atoms with Gasteiger partial charge in [-0.1, -0.05) is 36.2 Å². The smallest absolute Gasteiger partial charge is 0.261 e. The van der Waals surface area contributed by atoms with Gasteiger partial charge >= 0.3 is 0 Å². The van der Waals surface area contributed by atoms with Crippen molar-refractivity contribution >= 4 is 17.2 Å². The Morgan fingerprint density at radius 1 is 1.12 bits per heavy atom. The fourth-order valence-corrected chi connectivity index (χ4v) is 3.76. The van der Waals surface area contributed by atoms with E-state index in [0.717, 1.165) is 23.3 Å². The van der Waals surface area contributed by atoms with E-state index >= 15 is 0 Å². The van der Waals surface area contributed by atoms with Crippen molar-refractivity contribution in [3.8, 4) is 22.2 Å². The molecule has 1 saturated carbocycles. The molecule has 0 atom stereocenters. The van der Waals surface area contributed by atoms with Crippen LogP contribution in [0.5, 0.6) is 0 Å². The number of nitrogens with one attached hydrogen (secondary N) is 1. The van der Waals surface area contributed by atoms with Crippen molar-refractivity contribution in [1.29, 1.82) is 0 Å². The summed E-state index contributed by atoms with van der Waals surface area (Å²) >= 11 is 1.39. The van der Waals surface area contributed by atoms with Gasteiger partial charge in [0.05, 0.1) is 9.75 Å².